The van der Waals surface area contributed by atoms with Crippen molar-refractivity contribution in [3.63, 3.8) is 0 Å². The molecule has 3 unspecified atom stereocenters. The molecule has 2 nitrogen and oxygen atoms in total. The molecule has 0 spiro atoms. The van der Waals surface area contributed by atoms with Gasteiger partial charge in [-0.2, -0.15) is 11.8 Å². The lowest BCUT2D eigenvalue weighted by atomic mass is 9.93. The molecule has 0 amide bonds. The van der Waals surface area contributed by atoms with Crippen molar-refractivity contribution in [1.29, 1.82) is 0 Å². The van der Waals surface area contributed by atoms with Gasteiger partial charge in [0.15, 0.2) is 0 Å². The minimum atomic E-state index is 0.371. The second kappa shape index (κ2) is 5.94. The predicted molar refractivity (Wildman–Crippen MR) is 77.8 cm³/mol. The highest BCUT2D eigenvalue weighted by Gasteiger charge is 2.35. The maximum atomic E-state index is 3.84. The minimum absolute atomic E-state index is 0.371. The van der Waals surface area contributed by atoms with Gasteiger partial charge in [-0.05, 0) is 58.2 Å². The fraction of sp³-hybridized carbons (Fsp3) is 1.00. The molecule has 0 aromatic heterocycles. The zero-order chi connectivity index (χ0) is 12.3. The largest absolute Gasteiger partial charge is 0.314 e. The molecule has 1 aliphatic heterocycles. The number of rotatable bonds is 5. The molecule has 1 heterocycles. The van der Waals surface area contributed by atoms with E-state index < -0.39 is 0 Å². The smallest absolute Gasteiger partial charge is 0.0225 e. The highest BCUT2D eigenvalue weighted by Crippen LogP contribution is 2.32. The van der Waals surface area contributed by atoms with Crippen molar-refractivity contribution in [2.45, 2.75) is 62.8 Å². The summed E-state index contributed by atoms with van der Waals surface area (Å²) in [5.41, 5.74) is 0. The van der Waals surface area contributed by atoms with Crippen molar-refractivity contribution >= 4 is 11.8 Å². The van der Waals surface area contributed by atoms with Gasteiger partial charge in [-0.25, -0.2) is 0 Å². The number of hydrogen-bond acceptors (Lipinski definition) is 3. The van der Waals surface area contributed by atoms with Crippen molar-refractivity contribution in [3.05, 3.63) is 0 Å². The Morgan fingerprint density at radius 3 is 2.71 bits per heavy atom. The van der Waals surface area contributed by atoms with E-state index in [1.54, 1.807) is 0 Å². The lowest BCUT2D eigenvalue weighted by Crippen LogP contribution is -2.45. The Labute approximate surface area is 111 Å². The second-order valence-corrected chi connectivity index (χ2v) is 7.76. The van der Waals surface area contributed by atoms with Gasteiger partial charge in [-0.3, -0.25) is 0 Å². The molecule has 2 N–H and O–H groups in total. The molecule has 100 valence electrons. The summed E-state index contributed by atoms with van der Waals surface area (Å²) >= 11 is 1.97. The third-order valence-corrected chi connectivity index (χ3v) is 5.78. The molecule has 3 heteroatoms. The van der Waals surface area contributed by atoms with Crippen molar-refractivity contribution < 1.29 is 0 Å². The van der Waals surface area contributed by atoms with Crippen LogP contribution in [0.1, 0.15) is 46.0 Å². The summed E-state index contributed by atoms with van der Waals surface area (Å²) in [6.07, 6.45) is 9.22. The molecular formula is C14H28N2S. The highest BCUT2D eigenvalue weighted by molar-refractivity contribution is 7.99. The molecular weight excluding hydrogens is 228 g/mol. The number of thioether (sulfide) groups is 1. The number of hydrogen-bond donors (Lipinski definition) is 2. The van der Waals surface area contributed by atoms with Crippen molar-refractivity contribution in [2.24, 2.45) is 5.92 Å². The van der Waals surface area contributed by atoms with Crippen LogP contribution in [-0.2, 0) is 0 Å². The van der Waals surface area contributed by atoms with Gasteiger partial charge in [-0.1, -0.05) is 6.42 Å². The van der Waals surface area contributed by atoms with Crippen LogP contribution in [0.2, 0.25) is 0 Å². The van der Waals surface area contributed by atoms with Crippen LogP contribution in [0.3, 0.4) is 0 Å². The fourth-order valence-corrected chi connectivity index (χ4v) is 3.48. The third kappa shape index (κ3) is 3.62. The molecule has 0 aromatic carbocycles. The van der Waals surface area contributed by atoms with Gasteiger partial charge in [0.2, 0.25) is 0 Å². The maximum absolute atomic E-state index is 3.84. The second-order valence-electron chi connectivity index (χ2n) is 6.25. The first-order chi connectivity index (χ1) is 8.12. The van der Waals surface area contributed by atoms with Crippen LogP contribution in [0.4, 0.5) is 0 Å². The van der Waals surface area contributed by atoms with Crippen molar-refractivity contribution in [2.75, 3.05) is 19.3 Å². The summed E-state index contributed by atoms with van der Waals surface area (Å²) in [6.45, 7) is 7.05. The van der Waals surface area contributed by atoms with Crippen LogP contribution in [0, 0.1) is 5.92 Å². The summed E-state index contributed by atoms with van der Waals surface area (Å²) in [5.74, 6) is 0.884. The van der Waals surface area contributed by atoms with Crippen LogP contribution in [0.15, 0.2) is 0 Å². The highest BCUT2D eigenvalue weighted by atomic mass is 32.2. The minimum Gasteiger partial charge on any atom is -0.314 e. The van der Waals surface area contributed by atoms with Gasteiger partial charge >= 0.3 is 0 Å². The molecule has 0 radical (unpaired) electrons. The predicted octanol–water partition coefficient (Wildman–Crippen LogP) is 2.64. The molecule has 1 saturated heterocycles. The van der Waals surface area contributed by atoms with E-state index in [9.17, 15) is 0 Å². The van der Waals surface area contributed by atoms with E-state index in [0.29, 0.717) is 4.75 Å². The fourth-order valence-electron chi connectivity index (χ4n) is 3.25. The van der Waals surface area contributed by atoms with Gasteiger partial charge in [-0.15, -0.1) is 0 Å². The van der Waals surface area contributed by atoms with Gasteiger partial charge < -0.3 is 10.6 Å². The average Bonchev–Trinajstić information content (AvgIpc) is 2.96. The first kappa shape index (κ1) is 13.7. The van der Waals surface area contributed by atoms with E-state index in [2.05, 4.69) is 30.7 Å². The van der Waals surface area contributed by atoms with E-state index in [-0.39, 0.29) is 0 Å². The van der Waals surface area contributed by atoms with Crippen molar-refractivity contribution in [3.8, 4) is 0 Å². The Bertz CT molecular complexity index is 236. The molecule has 2 fully saturated rings. The SMILES string of the molecule is CSC(C)(C)CNC1CCCC1C1CCCN1. The Morgan fingerprint density at radius 2 is 2.06 bits per heavy atom. The monoisotopic (exact) mass is 256 g/mol. The van der Waals surface area contributed by atoms with Crippen LogP contribution < -0.4 is 10.6 Å². The van der Waals surface area contributed by atoms with Gasteiger partial charge in [0, 0.05) is 23.4 Å². The normalized spacial score (nSPS) is 34.4. The summed E-state index contributed by atoms with van der Waals surface area (Å²) in [5, 5.41) is 7.53. The van der Waals surface area contributed by atoms with Gasteiger partial charge in [0.25, 0.3) is 0 Å². The lowest BCUT2D eigenvalue weighted by molar-refractivity contribution is 0.316. The first-order valence-corrected chi connectivity index (χ1v) is 8.37. The molecule has 0 bridgehead atoms. The number of nitrogens with one attached hydrogen (secondary N) is 2. The lowest BCUT2D eigenvalue weighted by Gasteiger charge is -2.30. The van der Waals surface area contributed by atoms with Crippen LogP contribution >= 0.6 is 11.8 Å². The quantitative estimate of drug-likeness (QED) is 0.791. The summed E-state index contributed by atoms with van der Waals surface area (Å²) < 4.78 is 0.371. The maximum Gasteiger partial charge on any atom is 0.0225 e. The van der Waals surface area contributed by atoms with Crippen LogP contribution in [0.5, 0.6) is 0 Å². The molecule has 1 aliphatic carbocycles. The van der Waals surface area contributed by atoms with Crippen LogP contribution in [0.25, 0.3) is 0 Å². The Morgan fingerprint density at radius 1 is 1.24 bits per heavy atom. The standard InChI is InChI=1S/C14H28N2S/c1-14(2,17-3)10-16-13-7-4-6-11(13)12-8-5-9-15-12/h11-13,15-16H,4-10H2,1-3H3. The summed E-state index contributed by atoms with van der Waals surface area (Å²) in [7, 11) is 0. The van der Waals surface area contributed by atoms with Crippen molar-refractivity contribution in [1.82, 2.24) is 10.6 Å². The van der Waals surface area contributed by atoms with E-state index >= 15 is 0 Å². The molecule has 17 heavy (non-hydrogen) atoms. The summed E-state index contributed by atoms with van der Waals surface area (Å²) in [4.78, 5) is 0. The van der Waals surface area contributed by atoms with Gasteiger partial charge in [0.05, 0.1) is 0 Å². The molecule has 1 saturated carbocycles. The van der Waals surface area contributed by atoms with E-state index in [1.807, 2.05) is 11.8 Å². The molecule has 0 aromatic rings. The Balaban J connectivity index is 1.82. The Kier molecular flexibility index (Phi) is 4.79. The Hall–Kier alpha value is 0.270. The van der Waals surface area contributed by atoms with Crippen LogP contribution in [-0.4, -0.2) is 36.2 Å². The third-order valence-electron chi connectivity index (χ3n) is 4.53. The van der Waals surface area contributed by atoms with E-state index in [4.69, 9.17) is 0 Å². The average molecular weight is 256 g/mol. The molecule has 2 rings (SSSR count). The topological polar surface area (TPSA) is 24.1 Å². The van der Waals surface area contributed by atoms with E-state index in [0.717, 1.165) is 24.5 Å². The zero-order valence-electron chi connectivity index (χ0n) is 11.6. The van der Waals surface area contributed by atoms with E-state index in [1.165, 1.54) is 38.6 Å². The molecule has 2 aliphatic rings. The van der Waals surface area contributed by atoms with Gasteiger partial charge in [0.1, 0.15) is 0 Å². The summed E-state index contributed by atoms with van der Waals surface area (Å²) in [6, 6.07) is 1.56. The molecule has 3 atom stereocenters. The first-order valence-electron chi connectivity index (χ1n) is 7.14. The zero-order valence-corrected chi connectivity index (χ0v) is 12.4.